The summed E-state index contributed by atoms with van der Waals surface area (Å²) in [5, 5.41) is 3.29. The molecule has 0 aromatic heterocycles. The molecule has 1 heterocycles. The third-order valence-corrected chi connectivity index (χ3v) is 3.52. The number of ketones is 1. The van der Waals surface area contributed by atoms with Crippen molar-refractivity contribution in [3.63, 3.8) is 0 Å². The van der Waals surface area contributed by atoms with Gasteiger partial charge in [-0.1, -0.05) is 43.5 Å². The van der Waals surface area contributed by atoms with Crippen molar-refractivity contribution in [2.75, 3.05) is 5.32 Å². The van der Waals surface area contributed by atoms with Crippen LogP contribution in [-0.4, -0.2) is 11.3 Å². The van der Waals surface area contributed by atoms with E-state index in [1.807, 2.05) is 36.4 Å². The van der Waals surface area contributed by atoms with E-state index in [1.54, 1.807) is 12.2 Å². The van der Waals surface area contributed by atoms with Gasteiger partial charge in [0, 0.05) is 11.3 Å². The van der Waals surface area contributed by atoms with Crippen molar-refractivity contribution < 1.29 is 4.79 Å². The van der Waals surface area contributed by atoms with Crippen LogP contribution in [0.4, 0.5) is 5.69 Å². The molecule has 0 radical (unpaired) electrons. The average molecular weight is 235 g/mol. The Morgan fingerprint density at radius 3 is 2.67 bits per heavy atom. The molecule has 1 aromatic carbocycles. The summed E-state index contributed by atoms with van der Waals surface area (Å²) in [5.41, 5.74) is 2.59. The van der Waals surface area contributed by atoms with E-state index in [0.29, 0.717) is 5.57 Å². The van der Waals surface area contributed by atoms with Crippen LogP contribution in [0.3, 0.4) is 0 Å². The predicted octanol–water partition coefficient (Wildman–Crippen LogP) is 3.12. The first-order valence-corrected chi connectivity index (χ1v) is 5.82. The van der Waals surface area contributed by atoms with Crippen molar-refractivity contribution >= 4 is 17.0 Å². The van der Waals surface area contributed by atoms with Gasteiger partial charge < -0.3 is 5.32 Å². The summed E-state index contributed by atoms with van der Waals surface area (Å²) in [4.78, 5) is 12.2. The molecule has 1 aliphatic heterocycles. The van der Waals surface area contributed by atoms with Crippen molar-refractivity contribution in [3.05, 3.63) is 72.9 Å². The Morgan fingerprint density at radius 1 is 1.11 bits per heavy atom. The lowest BCUT2D eigenvalue weighted by molar-refractivity contribution is -0.116. The molecule has 0 fully saturated rings. The van der Waals surface area contributed by atoms with E-state index in [-0.39, 0.29) is 5.78 Å². The molecule has 0 bridgehead atoms. The van der Waals surface area contributed by atoms with Crippen LogP contribution in [0, 0.1) is 0 Å². The number of hydrogen-bond donors (Lipinski definition) is 1. The Balaban J connectivity index is 2.20. The van der Waals surface area contributed by atoms with Gasteiger partial charge in [-0.2, -0.15) is 0 Å². The van der Waals surface area contributed by atoms with Gasteiger partial charge in [0.15, 0.2) is 5.78 Å². The SMILES string of the molecule is C=C1C(=C)C2(C=CC=CC2=O)Nc2ccccc21. The van der Waals surface area contributed by atoms with Crippen molar-refractivity contribution in [1.82, 2.24) is 0 Å². The van der Waals surface area contributed by atoms with E-state index < -0.39 is 5.54 Å². The highest BCUT2D eigenvalue weighted by molar-refractivity contribution is 6.12. The number of nitrogens with one attached hydrogen (secondary N) is 1. The highest BCUT2D eigenvalue weighted by Crippen LogP contribution is 2.42. The third-order valence-electron chi connectivity index (χ3n) is 3.52. The van der Waals surface area contributed by atoms with Gasteiger partial charge in [-0.05, 0) is 29.4 Å². The standard InChI is InChI=1S/C16H13NO/c1-11-12(2)16(10-6-5-9-15(16)18)17-14-8-4-3-7-13(11)14/h3-10,17H,1-2H2. The number of hydrogen-bond acceptors (Lipinski definition) is 2. The summed E-state index contributed by atoms with van der Waals surface area (Å²) in [6.45, 7) is 8.12. The van der Waals surface area contributed by atoms with Crippen LogP contribution in [0.1, 0.15) is 5.56 Å². The second-order valence-electron chi connectivity index (χ2n) is 4.52. The molecule has 1 aromatic rings. The number of rotatable bonds is 0. The zero-order chi connectivity index (χ0) is 12.8. The first-order valence-electron chi connectivity index (χ1n) is 5.82. The number of para-hydroxylation sites is 1. The van der Waals surface area contributed by atoms with Crippen LogP contribution in [0.5, 0.6) is 0 Å². The summed E-state index contributed by atoms with van der Waals surface area (Å²) in [6, 6.07) is 7.83. The van der Waals surface area contributed by atoms with Gasteiger partial charge in [-0.15, -0.1) is 0 Å². The van der Waals surface area contributed by atoms with Crippen LogP contribution in [-0.2, 0) is 4.79 Å². The number of carbonyl (C=O) groups excluding carboxylic acids is 1. The first kappa shape index (κ1) is 10.8. The van der Waals surface area contributed by atoms with Gasteiger partial charge in [0.1, 0.15) is 5.54 Å². The van der Waals surface area contributed by atoms with Crippen LogP contribution in [0.15, 0.2) is 67.3 Å². The molecule has 2 heteroatoms. The Labute approximate surface area is 106 Å². The Hall–Kier alpha value is -2.35. The molecular weight excluding hydrogens is 222 g/mol. The fourth-order valence-corrected chi connectivity index (χ4v) is 2.45. The minimum absolute atomic E-state index is 0.00865. The van der Waals surface area contributed by atoms with E-state index in [9.17, 15) is 4.79 Å². The first-order chi connectivity index (χ1) is 8.65. The molecule has 2 aliphatic rings. The van der Waals surface area contributed by atoms with Gasteiger partial charge in [0.05, 0.1) is 0 Å². The maximum Gasteiger partial charge on any atom is 0.189 e. The number of carbonyl (C=O) groups is 1. The summed E-state index contributed by atoms with van der Waals surface area (Å²) in [5.74, 6) is -0.00865. The molecule has 1 unspecified atom stereocenters. The second kappa shape index (κ2) is 3.57. The zero-order valence-electron chi connectivity index (χ0n) is 9.94. The number of allylic oxidation sites excluding steroid dienone is 2. The van der Waals surface area contributed by atoms with E-state index in [0.717, 1.165) is 16.8 Å². The summed E-state index contributed by atoms with van der Waals surface area (Å²) >= 11 is 0. The molecule has 0 amide bonds. The quantitative estimate of drug-likeness (QED) is 0.748. The van der Waals surface area contributed by atoms with E-state index in [4.69, 9.17) is 0 Å². The predicted molar refractivity (Wildman–Crippen MR) is 74.3 cm³/mol. The normalized spacial score (nSPS) is 25.2. The molecule has 1 N–H and O–H groups in total. The molecule has 88 valence electrons. The molecule has 3 rings (SSSR count). The van der Waals surface area contributed by atoms with Crippen molar-refractivity contribution in [2.45, 2.75) is 5.54 Å². The van der Waals surface area contributed by atoms with E-state index >= 15 is 0 Å². The maximum atomic E-state index is 12.2. The van der Waals surface area contributed by atoms with Crippen molar-refractivity contribution in [3.8, 4) is 0 Å². The molecule has 0 saturated carbocycles. The minimum Gasteiger partial charge on any atom is -0.365 e. The summed E-state index contributed by atoms with van der Waals surface area (Å²) in [6.07, 6.45) is 7.02. The Morgan fingerprint density at radius 2 is 1.89 bits per heavy atom. The highest BCUT2D eigenvalue weighted by atomic mass is 16.1. The van der Waals surface area contributed by atoms with Crippen LogP contribution < -0.4 is 5.32 Å². The van der Waals surface area contributed by atoms with E-state index in [1.165, 1.54) is 0 Å². The van der Waals surface area contributed by atoms with Gasteiger partial charge in [0.2, 0.25) is 0 Å². The number of fused-ring (bicyclic) bond motifs is 1. The lowest BCUT2D eigenvalue weighted by atomic mass is 9.75. The third kappa shape index (κ3) is 1.26. The van der Waals surface area contributed by atoms with Gasteiger partial charge in [0.25, 0.3) is 0 Å². The zero-order valence-corrected chi connectivity index (χ0v) is 9.94. The number of anilines is 1. The maximum absolute atomic E-state index is 12.2. The summed E-state index contributed by atoms with van der Waals surface area (Å²) < 4.78 is 0. The van der Waals surface area contributed by atoms with E-state index in [2.05, 4.69) is 18.5 Å². The van der Waals surface area contributed by atoms with Crippen LogP contribution >= 0.6 is 0 Å². The fourth-order valence-electron chi connectivity index (χ4n) is 2.45. The van der Waals surface area contributed by atoms with Gasteiger partial charge >= 0.3 is 0 Å². The largest absolute Gasteiger partial charge is 0.365 e. The molecule has 2 nitrogen and oxygen atoms in total. The average Bonchev–Trinajstić information content (AvgIpc) is 2.39. The van der Waals surface area contributed by atoms with Crippen LogP contribution in [0.25, 0.3) is 5.57 Å². The Kier molecular flexibility index (Phi) is 2.14. The summed E-state index contributed by atoms with van der Waals surface area (Å²) in [7, 11) is 0. The van der Waals surface area contributed by atoms with Gasteiger partial charge in [-0.3, -0.25) is 4.79 Å². The molecule has 18 heavy (non-hydrogen) atoms. The smallest absolute Gasteiger partial charge is 0.189 e. The number of benzene rings is 1. The lowest BCUT2D eigenvalue weighted by Crippen LogP contribution is -2.48. The van der Waals surface area contributed by atoms with Crippen molar-refractivity contribution in [2.24, 2.45) is 0 Å². The fraction of sp³-hybridized carbons (Fsp3) is 0.0625. The second-order valence-corrected chi connectivity index (χ2v) is 4.52. The molecular formula is C16H13NO. The topological polar surface area (TPSA) is 29.1 Å². The van der Waals surface area contributed by atoms with Gasteiger partial charge in [-0.25, -0.2) is 0 Å². The lowest BCUT2D eigenvalue weighted by Gasteiger charge is -2.39. The molecule has 1 aliphatic carbocycles. The molecule has 1 atom stereocenters. The van der Waals surface area contributed by atoms with Crippen molar-refractivity contribution in [1.29, 1.82) is 0 Å². The molecule has 0 saturated heterocycles. The molecule has 1 spiro atoms. The highest BCUT2D eigenvalue weighted by Gasteiger charge is 2.42. The van der Waals surface area contributed by atoms with Crippen LogP contribution in [0.2, 0.25) is 0 Å². The Bertz CT molecular complexity index is 636. The minimum atomic E-state index is -0.861. The monoisotopic (exact) mass is 235 g/mol.